The number of benzene rings is 3. The smallest absolute Gasteiger partial charge is 0.748 e. The maximum Gasteiger partial charge on any atom is 1.00 e. The average molecular weight is 647 g/mol. The van der Waals surface area contributed by atoms with Crippen molar-refractivity contribution >= 4 is 20.2 Å². The molecule has 0 N–H and O–H groups in total. The quantitative estimate of drug-likeness (QED) is 0.191. The molecule has 3 rings (SSSR count). The van der Waals surface area contributed by atoms with Crippen LogP contribution in [0.4, 0.5) is 0 Å². The summed E-state index contributed by atoms with van der Waals surface area (Å²) in [5.41, 5.74) is 10.5. The Hall–Kier alpha value is -0.780. The van der Waals surface area contributed by atoms with E-state index in [4.69, 9.17) is 0 Å². The van der Waals surface area contributed by atoms with E-state index in [1.165, 1.54) is 23.6 Å². The Balaban J connectivity index is 0. The fourth-order valence-electron chi connectivity index (χ4n) is 4.12. The van der Waals surface area contributed by atoms with Gasteiger partial charge in [-0.05, 0) is 108 Å². The molecule has 0 spiro atoms. The molecule has 226 valence electrons. The molecule has 6 nitrogen and oxygen atoms in total. The minimum atomic E-state index is -4.18. The van der Waals surface area contributed by atoms with Gasteiger partial charge in [-0.1, -0.05) is 77.4 Å². The largest absolute Gasteiger partial charge is 1.00 e. The Bertz CT molecular complexity index is 1520. The van der Waals surface area contributed by atoms with Crippen molar-refractivity contribution in [2.45, 2.75) is 79.4 Å². The summed E-state index contributed by atoms with van der Waals surface area (Å²) < 4.78 is 63.6. The van der Waals surface area contributed by atoms with E-state index in [0.29, 0.717) is 19.3 Å². The van der Waals surface area contributed by atoms with Gasteiger partial charge in [0.15, 0.2) is 0 Å². The summed E-state index contributed by atoms with van der Waals surface area (Å²) in [5.74, 6) is -0.277. The van der Waals surface area contributed by atoms with Gasteiger partial charge >= 0.3 is 59.1 Å². The first-order valence-electron chi connectivity index (χ1n) is 13.6. The maximum atomic E-state index is 10.8. The van der Waals surface area contributed by atoms with Gasteiger partial charge in [-0.15, -0.1) is 6.58 Å². The van der Waals surface area contributed by atoms with E-state index in [1.54, 1.807) is 0 Å². The Kier molecular flexibility index (Phi) is 21.8. The molecule has 0 aliphatic heterocycles. The zero-order valence-electron chi connectivity index (χ0n) is 27.4. The first-order chi connectivity index (χ1) is 18.9. The molecule has 0 amide bonds. The third-order valence-corrected chi connectivity index (χ3v) is 8.66. The van der Waals surface area contributed by atoms with Gasteiger partial charge in [0.25, 0.3) is 0 Å². The molecule has 1 unspecified atom stereocenters. The third-order valence-electron chi connectivity index (χ3n) is 6.72. The van der Waals surface area contributed by atoms with Gasteiger partial charge < -0.3 is 9.11 Å². The summed E-state index contributed by atoms with van der Waals surface area (Å²) in [5, 5.41) is -0.863. The molecule has 0 heterocycles. The number of aryl methyl sites for hydroxylation is 7. The zero-order chi connectivity index (χ0) is 31.4. The molecule has 3 aromatic carbocycles. The minimum Gasteiger partial charge on any atom is -0.748 e. The zero-order valence-corrected chi connectivity index (χ0v) is 33.0. The van der Waals surface area contributed by atoms with E-state index in [1.807, 2.05) is 70.2 Å². The van der Waals surface area contributed by atoms with Crippen molar-refractivity contribution in [2.75, 3.05) is 5.75 Å². The van der Waals surface area contributed by atoms with Crippen LogP contribution < -0.4 is 59.1 Å². The Morgan fingerprint density at radius 2 is 1.09 bits per heavy atom. The van der Waals surface area contributed by atoms with Gasteiger partial charge in [0.05, 0.1) is 25.5 Å². The van der Waals surface area contributed by atoms with Crippen LogP contribution in [-0.4, -0.2) is 36.9 Å². The predicted octanol–water partition coefficient (Wildman–Crippen LogP) is 0.601. The van der Waals surface area contributed by atoms with Crippen molar-refractivity contribution in [3.05, 3.63) is 117 Å². The number of rotatable bonds is 9. The molecule has 10 heteroatoms. The van der Waals surface area contributed by atoms with Crippen LogP contribution in [0.5, 0.6) is 0 Å². The molecule has 0 radical (unpaired) electrons. The van der Waals surface area contributed by atoms with E-state index in [9.17, 15) is 25.9 Å². The van der Waals surface area contributed by atoms with E-state index < -0.39 is 25.5 Å². The summed E-state index contributed by atoms with van der Waals surface area (Å²) in [6, 6.07) is 18.4. The van der Waals surface area contributed by atoms with Gasteiger partial charge in [0, 0.05) is 5.75 Å². The third kappa shape index (κ3) is 18.7. The molecule has 0 saturated heterocycles. The van der Waals surface area contributed by atoms with Crippen LogP contribution in [0.15, 0.2) is 67.3 Å². The molecular weight excluding hydrogens is 602 g/mol. The Morgan fingerprint density at radius 1 is 0.698 bits per heavy atom. The Morgan fingerprint density at radius 3 is 1.51 bits per heavy atom. The van der Waals surface area contributed by atoms with Crippen LogP contribution in [0.1, 0.15) is 63.4 Å². The first kappa shape index (κ1) is 44.3. The number of hydrogen-bond donors (Lipinski definition) is 0. The fourth-order valence-corrected chi connectivity index (χ4v) is 5.00. The monoisotopic (exact) mass is 646 g/mol. The standard InChI is InChI=1S/2C11H16O3S.C11H14.2Na/c1-8-4-5-9(2)11(6-8)7-10(3)15(12,13)14;1-9-5-6-10(2)11(8-9)4-3-7-15(12,13)14;1-4-5-11-8-9(2)6-7-10(11)3;;/h4-6,10H,7H2,1-3H3,(H,12,13,14);5-6,8H,3-4,7H2,1-2H3,(H,12,13,14);4,6-8H,1,5H2,2-3H3;;/q;;;2*+1/p-2. The second-order valence-corrected chi connectivity index (χ2v) is 14.0. The summed E-state index contributed by atoms with van der Waals surface area (Å²) in [6.07, 6.45) is 4.26. The van der Waals surface area contributed by atoms with Gasteiger partial charge in [-0.2, -0.15) is 0 Å². The second kappa shape index (κ2) is 21.1. The predicted molar refractivity (Wildman–Crippen MR) is 167 cm³/mol. The molecule has 0 fully saturated rings. The summed E-state index contributed by atoms with van der Waals surface area (Å²) >= 11 is 0. The minimum absolute atomic E-state index is 0. The number of allylic oxidation sites excluding steroid dienone is 1. The molecule has 3 aromatic rings. The van der Waals surface area contributed by atoms with Crippen LogP contribution in [0.3, 0.4) is 0 Å². The van der Waals surface area contributed by atoms with Gasteiger partial charge in [0.2, 0.25) is 0 Å². The van der Waals surface area contributed by atoms with Crippen LogP contribution in [0.2, 0.25) is 0 Å². The number of hydrogen-bond acceptors (Lipinski definition) is 6. The molecule has 0 saturated carbocycles. The van der Waals surface area contributed by atoms with Crippen molar-refractivity contribution in [1.29, 1.82) is 0 Å². The van der Waals surface area contributed by atoms with E-state index in [0.717, 1.165) is 39.8 Å². The normalized spacial score (nSPS) is 11.4. The summed E-state index contributed by atoms with van der Waals surface area (Å²) in [4.78, 5) is 0. The Labute approximate surface area is 304 Å². The van der Waals surface area contributed by atoms with Gasteiger partial charge in [0.1, 0.15) is 0 Å². The van der Waals surface area contributed by atoms with Gasteiger partial charge in [-0.3, -0.25) is 0 Å². The van der Waals surface area contributed by atoms with Crippen molar-refractivity contribution in [3.8, 4) is 0 Å². The summed E-state index contributed by atoms with van der Waals surface area (Å²) in [6.45, 7) is 17.3. The van der Waals surface area contributed by atoms with Crippen LogP contribution >= 0.6 is 0 Å². The fraction of sp³-hybridized carbons (Fsp3) is 0.394. The second-order valence-electron chi connectivity index (χ2n) is 10.7. The molecule has 1 atom stereocenters. The van der Waals surface area contributed by atoms with Crippen molar-refractivity contribution in [1.82, 2.24) is 0 Å². The molecule has 0 aliphatic rings. The van der Waals surface area contributed by atoms with E-state index in [2.05, 4.69) is 38.6 Å². The maximum absolute atomic E-state index is 10.8. The molecule has 0 aliphatic carbocycles. The van der Waals surface area contributed by atoms with E-state index >= 15 is 0 Å². The van der Waals surface area contributed by atoms with Crippen LogP contribution in [0.25, 0.3) is 0 Å². The molecule has 0 aromatic heterocycles. The first-order valence-corrected chi connectivity index (χ1v) is 16.6. The van der Waals surface area contributed by atoms with Crippen molar-refractivity contribution in [2.24, 2.45) is 0 Å². The topological polar surface area (TPSA) is 114 Å². The molecular formula is C33H44Na2O6S2. The van der Waals surface area contributed by atoms with E-state index in [-0.39, 0.29) is 64.9 Å². The van der Waals surface area contributed by atoms with Crippen molar-refractivity contribution < 1.29 is 85.1 Å². The van der Waals surface area contributed by atoms with Crippen molar-refractivity contribution in [3.63, 3.8) is 0 Å². The van der Waals surface area contributed by atoms with Crippen LogP contribution in [0, 0.1) is 41.5 Å². The average Bonchev–Trinajstić information content (AvgIpc) is 2.85. The molecule has 0 bridgehead atoms. The SMILES string of the molecule is C=CCc1cc(C)ccc1C.Cc1ccc(C)c(CC(C)S(=O)(=O)[O-])c1.Cc1ccc(C)c(CCCS(=O)(=O)[O-])c1.[Na+].[Na+]. The summed E-state index contributed by atoms with van der Waals surface area (Å²) in [7, 11) is -8.25. The molecule has 43 heavy (non-hydrogen) atoms. The van der Waals surface area contributed by atoms with Crippen LogP contribution in [-0.2, 0) is 39.5 Å². The van der Waals surface area contributed by atoms with Gasteiger partial charge in [-0.25, -0.2) is 16.8 Å².